The standard InChI is InChI=1S/C22H17F2N3O6/c23-22(24,20(29)30)11-25-19(28)17-9-18(33-27-17)26-21(31)32-10-16-14-7-3-1-5-12(14)13-6-2-4-8-15(13)16/h1-9,16H,10-11H2,(H,25,28)(H,26,31)(H,29,30). The van der Waals surface area contributed by atoms with Crippen LogP contribution in [0.25, 0.3) is 11.1 Å². The van der Waals surface area contributed by atoms with Crippen molar-refractivity contribution in [3.8, 4) is 11.1 Å². The van der Waals surface area contributed by atoms with Crippen molar-refractivity contribution in [2.75, 3.05) is 18.5 Å². The van der Waals surface area contributed by atoms with Crippen LogP contribution >= 0.6 is 0 Å². The van der Waals surface area contributed by atoms with Crippen LogP contribution in [0.4, 0.5) is 19.5 Å². The summed E-state index contributed by atoms with van der Waals surface area (Å²) >= 11 is 0. The number of amides is 2. The highest BCUT2D eigenvalue weighted by Crippen LogP contribution is 2.44. The first-order valence-corrected chi connectivity index (χ1v) is 9.74. The van der Waals surface area contributed by atoms with Crippen LogP contribution in [0.15, 0.2) is 59.1 Å². The van der Waals surface area contributed by atoms with Crippen LogP contribution in [0.2, 0.25) is 0 Å². The molecule has 0 aliphatic heterocycles. The number of carbonyl (C=O) groups excluding carboxylic acids is 2. The fourth-order valence-corrected chi connectivity index (χ4v) is 3.53. The Morgan fingerprint density at radius 2 is 1.67 bits per heavy atom. The number of rotatable bonds is 7. The largest absolute Gasteiger partial charge is 0.477 e. The number of benzene rings is 2. The Hall–Kier alpha value is -4.28. The third-order valence-electron chi connectivity index (χ3n) is 5.10. The lowest BCUT2D eigenvalue weighted by Gasteiger charge is -2.13. The molecule has 2 aromatic carbocycles. The molecule has 1 aliphatic carbocycles. The monoisotopic (exact) mass is 457 g/mol. The van der Waals surface area contributed by atoms with Gasteiger partial charge in [0.05, 0.1) is 6.54 Å². The summed E-state index contributed by atoms with van der Waals surface area (Å²) in [6.45, 7) is -1.38. The molecular weight excluding hydrogens is 440 g/mol. The van der Waals surface area contributed by atoms with Gasteiger partial charge in [-0.3, -0.25) is 10.1 Å². The summed E-state index contributed by atoms with van der Waals surface area (Å²) < 4.78 is 36.3. The number of fused-ring (bicyclic) bond motifs is 3. The first-order valence-electron chi connectivity index (χ1n) is 9.74. The van der Waals surface area contributed by atoms with Gasteiger partial charge in [-0.25, -0.2) is 9.59 Å². The molecule has 0 fully saturated rings. The van der Waals surface area contributed by atoms with Crippen LogP contribution in [-0.4, -0.2) is 47.3 Å². The van der Waals surface area contributed by atoms with Crippen molar-refractivity contribution in [1.29, 1.82) is 0 Å². The van der Waals surface area contributed by atoms with Crippen LogP contribution in [0.1, 0.15) is 27.5 Å². The number of alkyl halides is 2. The highest BCUT2D eigenvalue weighted by Gasteiger charge is 2.39. The number of hydrogen-bond donors (Lipinski definition) is 3. The van der Waals surface area contributed by atoms with Gasteiger partial charge in [0.2, 0.25) is 5.88 Å². The third-order valence-corrected chi connectivity index (χ3v) is 5.10. The van der Waals surface area contributed by atoms with Gasteiger partial charge in [0.25, 0.3) is 5.91 Å². The van der Waals surface area contributed by atoms with Crippen LogP contribution in [-0.2, 0) is 9.53 Å². The molecule has 11 heteroatoms. The molecule has 0 saturated carbocycles. The molecule has 1 aromatic heterocycles. The quantitative estimate of drug-likeness (QED) is 0.495. The second kappa shape index (κ2) is 8.69. The van der Waals surface area contributed by atoms with Crippen molar-refractivity contribution in [3.63, 3.8) is 0 Å². The van der Waals surface area contributed by atoms with Crippen LogP contribution in [0.5, 0.6) is 0 Å². The van der Waals surface area contributed by atoms with Gasteiger partial charge in [-0.05, 0) is 22.3 Å². The Balaban J connectivity index is 1.35. The second-order valence-electron chi connectivity index (χ2n) is 7.22. The lowest BCUT2D eigenvalue weighted by molar-refractivity contribution is -0.163. The first kappa shape index (κ1) is 21.9. The molecule has 0 atom stereocenters. The number of ether oxygens (including phenoxy) is 1. The second-order valence-corrected chi connectivity index (χ2v) is 7.22. The zero-order chi connectivity index (χ0) is 23.6. The minimum atomic E-state index is -4.14. The minimum Gasteiger partial charge on any atom is -0.477 e. The summed E-state index contributed by atoms with van der Waals surface area (Å²) in [5.74, 6) is -8.01. The summed E-state index contributed by atoms with van der Waals surface area (Å²) in [6, 6.07) is 16.6. The normalized spacial score (nSPS) is 12.5. The summed E-state index contributed by atoms with van der Waals surface area (Å²) in [4.78, 5) is 34.5. The molecule has 0 bridgehead atoms. The van der Waals surface area contributed by atoms with Gasteiger partial charge < -0.3 is 19.7 Å². The maximum absolute atomic E-state index is 13.1. The number of nitrogens with one attached hydrogen (secondary N) is 2. The number of aromatic nitrogens is 1. The number of carboxylic acids is 1. The SMILES string of the molecule is O=C(Nc1cc(C(=O)NCC(F)(F)C(=O)O)no1)OCC1c2ccccc2-c2ccccc21. The molecule has 33 heavy (non-hydrogen) atoms. The number of nitrogens with zero attached hydrogens (tertiary/aromatic N) is 1. The lowest BCUT2D eigenvalue weighted by atomic mass is 9.98. The Morgan fingerprint density at radius 1 is 1.06 bits per heavy atom. The number of hydrogen-bond acceptors (Lipinski definition) is 6. The molecular formula is C22H17F2N3O6. The van der Waals surface area contributed by atoms with Crippen molar-refractivity contribution in [2.45, 2.75) is 11.8 Å². The van der Waals surface area contributed by atoms with Crippen molar-refractivity contribution in [3.05, 3.63) is 71.4 Å². The van der Waals surface area contributed by atoms with E-state index in [0.717, 1.165) is 28.3 Å². The topological polar surface area (TPSA) is 131 Å². The Kier molecular flexibility index (Phi) is 5.78. The molecule has 3 N–H and O–H groups in total. The minimum absolute atomic E-state index is 0.0472. The molecule has 0 unspecified atom stereocenters. The molecule has 0 spiro atoms. The van der Waals surface area contributed by atoms with E-state index in [4.69, 9.17) is 14.4 Å². The molecule has 4 rings (SSSR count). The van der Waals surface area contributed by atoms with Crippen molar-refractivity contribution in [2.24, 2.45) is 0 Å². The first-order chi connectivity index (χ1) is 15.8. The van der Waals surface area contributed by atoms with Gasteiger partial charge >= 0.3 is 18.0 Å². The molecule has 2 amide bonds. The third kappa shape index (κ3) is 4.52. The molecule has 170 valence electrons. The fraction of sp³-hybridized carbons (Fsp3) is 0.182. The van der Waals surface area contributed by atoms with E-state index < -0.39 is 36.1 Å². The zero-order valence-electron chi connectivity index (χ0n) is 16.9. The van der Waals surface area contributed by atoms with Gasteiger partial charge in [-0.15, -0.1) is 0 Å². The van der Waals surface area contributed by atoms with Gasteiger partial charge in [0.15, 0.2) is 5.69 Å². The number of carboxylic acid groups (broad SMARTS) is 1. The molecule has 1 heterocycles. The van der Waals surface area contributed by atoms with E-state index in [1.807, 2.05) is 48.5 Å². The van der Waals surface area contributed by atoms with Gasteiger partial charge in [-0.1, -0.05) is 53.7 Å². The molecule has 3 aromatic rings. The summed E-state index contributed by atoms with van der Waals surface area (Å²) in [7, 11) is 0. The van der Waals surface area contributed by atoms with Gasteiger partial charge in [-0.2, -0.15) is 8.78 Å². The molecule has 9 nitrogen and oxygen atoms in total. The van der Waals surface area contributed by atoms with Gasteiger partial charge in [0, 0.05) is 12.0 Å². The van der Waals surface area contributed by atoms with Crippen molar-refractivity contribution in [1.82, 2.24) is 10.5 Å². The van der Waals surface area contributed by atoms with Crippen LogP contribution < -0.4 is 10.6 Å². The fourth-order valence-electron chi connectivity index (χ4n) is 3.53. The predicted molar refractivity (Wildman–Crippen MR) is 110 cm³/mol. The highest BCUT2D eigenvalue weighted by atomic mass is 19.3. The van der Waals surface area contributed by atoms with E-state index in [1.165, 1.54) is 0 Å². The highest BCUT2D eigenvalue weighted by molar-refractivity contribution is 5.94. The molecule has 0 radical (unpaired) electrons. The van der Waals surface area contributed by atoms with E-state index in [9.17, 15) is 23.2 Å². The lowest BCUT2D eigenvalue weighted by Crippen LogP contribution is -2.42. The molecule has 0 saturated heterocycles. The Morgan fingerprint density at radius 3 is 2.27 bits per heavy atom. The Bertz CT molecular complexity index is 1180. The zero-order valence-corrected chi connectivity index (χ0v) is 16.9. The number of halogens is 2. The smallest absolute Gasteiger partial charge is 0.414 e. The summed E-state index contributed by atoms with van der Waals surface area (Å²) in [5, 5.41) is 15.7. The Labute approximate surface area is 185 Å². The number of anilines is 1. The van der Waals surface area contributed by atoms with Crippen molar-refractivity contribution < 1.29 is 37.5 Å². The van der Waals surface area contributed by atoms with E-state index in [2.05, 4.69) is 10.5 Å². The van der Waals surface area contributed by atoms with E-state index in [-0.39, 0.29) is 18.4 Å². The predicted octanol–water partition coefficient (Wildman–Crippen LogP) is 3.49. The van der Waals surface area contributed by atoms with E-state index >= 15 is 0 Å². The average Bonchev–Trinajstić information content (AvgIpc) is 3.39. The maximum atomic E-state index is 13.1. The number of aliphatic carboxylic acids is 1. The van der Waals surface area contributed by atoms with Crippen LogP contribution in [0, 0.1) is 0 Å². The average molecular weight is 457 g/mol. The van der Waals surface area contributed by atoms with Crippen molar-refractivity contribution >= 4 is 23.9 Å². The summed E-state index contributed by atoms with van der Waals surface area (Å²) in [5.41, 5.74) is 3.78. The molecule has 1 aliphatic rings. The van der Waals surface area contributed by atoms with E-state index in [0.29, 0.717) is 0 Å². The number of carbonyl (C=O) groups is 3. The van der Waals surface area contributed by atoms with Gasteiger partial charge in [0.1, 0.15) is 6.61 Å². The van der Waals surface area contributed by atoms with E-state index in [1.54, 1.807) is 5.32 Å². The van der Waals surface area contributed by atoms with Crippen LogP contribution in [0.3, 0.4) is 0 Å². The maximum Gasteiger partial charge on any atom is 0.414 e. The summed E-state index contributed by atoms with van der Waals surface area (Å²) in [6.07, 6.45) is -0.864.